The number of halogens is 10. The van der Waals surface area contributed by atoms with Crippen LogP contribution in [0.15, 0.2) is 12.3 Å². The smallest absolute Gasteiger partial charge is 0.301 e. The van der Waals surface area contributed by atoms with E-state index in [1.165, 1.54) is 0 Å². The maximum Gasteiger partial charge on any atom is 0.395 e. The molecule has 0 amide bonds. The number of hydrogen-bond acceptors (Lipinski definition) is 4. The van der Waals surface area contributed by atoms with Gasteiger partial charge in [-0.2, -0.15) is 39.5 Å². The van der Waals surface area contributed by atoms with E-state index < -0.39 is 51.9 Å². The van der Waals surface area contributed by atoms with E-state index in [1.54, 1.807) is 0 Å². The molecule has 0 aliphatic carbocycles. The van der Waals surface area contributed by atoms with Gasteiger partial charge in [0.1, 0.15) is 6.42 Å². The molecule has 1 aromatic rings. The van der Waals surface area contributed by atoms with E-state index in [4.69, 9.17) is 0 Å². The molecular weight excluding hydrogens is 401 g/mol. The van der Waals surface area contributed by atoms with Gasteiger partial charge in [0, 0.05) is 12.3 Å². The van der Waals surface area contributed by atoms with E-state index in [0.29, 0.717) is 5.32 Å². The summed E-state index contributed by atoms with van der Waals surface area (Å²) in [5.74, 6) is -7.36. The predicted molar refractivity (Wildman–Crippen MR) is 64.8 cm³/mol. The zero-order valence-corrected chi connectivity index (χ0v) is 12.1. The lowest BCUT2D eigenvalue weighted by Gasteiger charge is -2.28. The zero-order valence-electron chi connectivity index (χ0n) is 11.4. The van der Waals surface area contributed by atoms with E-state index in [1.807, 2.05) is 0 Å². The van der Waals surface area contributed by atoms with Crippen molar-refractivity contribution in [3.8, 4) is 0 Å². The quantitative estimate of drug-likeness (QED) is 0.241. The first kappa shape index (κ1) is 21.1. The van der Waals surface area contributed by atoms with Crippen molar-refractivity contribution < 1.29 is 44.4 Å². The van der Waals surface area contributed by atoms with Gasteiger partial charge in [0.25, 0.3) is 0 Å². The minimum atomic E-state index is -5.71. The minimum absolute atomic E-state index is 0.0414. The Bertz CT molecular complexity index is 660. The Hall–Kier alpha value is -1.99. The molecule has 1 aromatic heterocycles. The third-order valence-corrected chi connectivity index (χ3v) is 2.77. The number of rotatable bonds is 6. The second kappa shape index (κ2) is 6.38. The van der Waals surface area contributed by atoms with Crippen LogP contribution < -0.4 is 5.32 Å². The first-order valence-electron chi connectivity index (χ1n) is 5.78. The first-order valence-corrected chi connectivity index (χ1v) is 6.16. The molecule has 0 unspecified atom stereocenters. The summed E-state index contributed by atoms with van der Waals surface area (Å²) in [5, 5.41) is 6.98. The van der Waals surface area contributed by atoms with Crippen LogP contribution in [0.1, 0.15) is 12.0 Å². The van der Waals surface area contributed by atoms with E-state index in [2.05, 4.69) is 16.6 Å². The van der Waals surface area contributed by atoms with Crippen molar-refractivity contribution in [3.63, 3.8) is 0 Å². The van der Waals surface area contributed by atoms with E-state index in [-0.39, 0.29) is 12.3 Å². The van der Waals surface area contributed by atoms with Gasteiger partial charge in [-0.1, -0.05) is 0 Å². The van der Waals surface area contributed by atoms with E-state index >= 15 is 0 Å². The van der Waals surface area contributed by atoms with Crippen LogP contribution in [0.2, 0.25) is 0 Å². The summed E-state index contributed by atoms with van der Waals surface area (Å²) >= 11 is 4.56. The standard InChI is InChI=1S/C10H5ClF9N3O2/c11-9(17,18)4-1-5(23(24)25)6(21-2-4)22-10(19,20)7(12,13)3-8(14,15)16/h1-2H,3H2,(H,21,22). The topological polar surface area (TPSA) is 68.1 Å². The van der Waals surface area contributed by atoms with Gasteiger partial charge in [-0.25, -0.2) is 4.98 Å². The zero-order chi connectivity index (χ0) is 19.8. The fourth-order valence-corrected chi connectivity index (χ4v) is 1.55. The Morgan fingerprint density at radius 2 is 1.64 bits per heavy atom. The van der Waals surface area contributed by atoms with Crippen molar-refractivity contribution in [2.45, 2.75) is 29.9 Å². The molecule has 0 bridgehead atoms. The molecule has 5 nitrogen and oxygen atoms in total. The molecule has 0 aliphatic heterocycles. The molecule has 25 heavy (non-hydrogen) atoms. The van der Waals surface area contributed by atoms with Gasteiger partial charge in [-0.05, 0) is 11.6 Å². The molecule has 0 spiro atoms. The van der Waals surface area contributed by atoms with Crippen LogP contribution in [0.4, 0.5) is 51.0 Å². The van der Waals surface area contributed by atoms with E-state index in [9.17, 15) is 49.6 Å². The molecule has 1 N–H and O–H groups in total. The summed E-state index contributed by atoms with van der Waals surface area (Å²) in [6.45, 7) is 0. The Morgan fingerprint density at radius 1 is 1.12 bits per heavy atom. The first-order chi connectivity index (χ1) is 11.0. The number of nitrogens with zero attached hydrogens (tertiary/aromatic N) is 2. The summed E-state index contributed by atoms with van der Waals surface area (Å²) in [6.07, 6.45) is -8.87. The fraction of sp³-hybridized carbons (Fsp3) is 0.500. The van der Waals surface area contributed by atoms with Crippen LogP contribution in [0.3, 0.4) is 0 Å². The highest BCUT2D eigenvalue weighted by Crippen LogP contribution is 2.44. The van der Waals surface area contributed by atoms with Crippen molar-refractivity contribution in [1.29, 1.82) is 0 Å². The van der Waals surface area contributed by atoms with Gasteiger partial charge >= 0.3 is 29.2 Å². The van der Waals surface area contributed by atoms with Crippen LogP contribution in [0.5, 0.6) is 0 Å². The number of hydrogen-bond donors (Lipinski definition) is 1. The lowest BCUT2D eigenvalue weighted by atomic mass is 10.2. The number of nitrogens with one attached hydrogen (secondary N) is 1. The molecular formula is C10H5ClF9N3O2. The van der Waals surface area contributed by atoms with E-state index in [0.717, 1.165) is 0 Å². The third kappa shape index (κ3) is 5.24. The number of nitro groups is 1. The summed E-state index contributed by atoms with van der Waals surface area (Å²) in [4.78, 5) is 11.9. The molecule has 0 aromatic carbocycles. The second-order valence-corrected chi connectivity index (χ2v) is 5.02. The van der Waals surface area contributed by atoms with Crippen LogP contribution in [-0.4, -0.2) is 28.1 Å². The molecule has 0 atom stereocenters. The van der Waals surface area contributed by atoms with Crippen LogP contribution >= 0.6 is 11.6 Å². The lowest BCUT2D eigenvalue weighted by Crippen LogP contribution is -2.49. The number of anilines is 1. The highest BCUT2D eigenvalue weighted by Gasteiger charge is 2.62. The Labute approximate surface area is 136 Å². The molecule has 0 saturated carbocycles. The average Bonchev–Trinajstić information content (AvgIpc) is 2.33. The summed E-state index contributed by atoms with van der Waals surface area (Å²) in [7, 11) is 0. The maximum atomic E-state index is 13.4. The second-order valence-electron chi connectivity index (χ2n) is 4.54. The third-order valence-electron chi connectivity index (χ3n) is 2.55. The van der Waals surface area contributed by atoms with Gasteiger partial charge in [-0.15, -0.1) is 0 Å². The van der Waals surface area contributed by atoms with Crippen molar-refractivity contribution in [2.75, 3.05) is 5.32 Å². The predicted octanol–water partition coefficient (Wildman–Crippen LogP) is 4.87. The highest BCUT2D eigenvalue weighted by molar-refractivity contribution is 6.21. The Morgan fingerprint density at radius 3 is 2.04 bits per heavy atom. The molecule has 0 saturated heterocycles. The summed E-state index contributed by atoms with van der Waals surface area (Å²) < 4.78 is 115. The molecule has 1 rings (SSSR count). The summed E-state index contributed by atoms with van der Waals surface area (Å²) in [6, 6.07) is -5.68. The van der Waals surface area contributed by atoms with Gasteiger partial charge in [-0.3, -0.25) is 10.1 Å². The van der Waals surface area contributed by atoms with Crippen LogP contribution in [0, 0.1) is 10.1 Å². The molecule has 0 radical (unpaired) electrons. The normalized spacial score (nSPS) is 13.7. The van der Waals surface area contributed by atoms with Gasteiger partial charge in [0.15, 0.2) is 0 Å². The molecule has 15 heteroatoms. The number of aromatic nitrogens is 1. The van der Waals surface area contributed by atoms with Crippen LogP contribution in [-0.2, 0) is 5.38 Å². The Balaban J connectivity index is 3.27. The number of pyridine rings is 1. The largest absolute Gasteiger partial charge is 0.395 e. The van der Waals surface area contributed by atoms with Crippen molar-refractivity contribution in [3.05, 3.63) is 27.9 Å². The molecule has 1 heterocycles. The van der Waals surface area contributed by atoms with Crippen LogP contribution in [0.25, 0.3) is 0 Å². The van der Waals surface area contributed by atoms with Gasteiger partial charge in [0.05, 0.1) is 10.5 Å². The van der Waals surface area contributed by atoms with Crippen molar-refractivity contribution in [2.24, 2.45) is 0 Å². The molecule has 0 fully saturated rings. The average molecular weight is 406 g/mol. The van der Waals surface area contributed by atoms with Crippen molar-refractivity contribution >= 4 is 23.1 Å². The van der Waals surface area contributed by atoms with Gasteiger partial charge in [0.2, 0.25) is 5.82 Å². The fourth-order valence-electron chi connectivity index (χ4n) is 1.45. The minimum Gasteiger partial charge on any atom is -0.301 e. The monoisotopic (exact) mass is 405 g/mol. The lowest BCUT2D eigenvalue weighted by molar-refractivity contribution is -0.384. The molecule has 142 valence electrons. The maximum absolute atomic E-state index is 13.4. The van der Waals surface area contributed by atoms with Gasteiger partial charge < -0.3 is 5.32 Å². The highest BCUT2D eigenvalue weighted by atomic mass is 35.5. The van der Waals surface area contributed by atoms with Crippen molar-refractivity contribution in [1.82, 2.24) is 4.98 Å². The molecule has 0 aliphatic rings. The Kier molecular flexibility index (Phi) is 5.38. The number of alkyl halides is 10. The summed E-state index contributed by atoms with van der Waals surface area (Å²) in [5.41, 5.74) is -2.95. The SMILES string of the molecule is O=[N+]([O-])c1cc(C(F)(F)Cl)cnc1NC(F)(F)C(F)(F)CC(F)(F)F.